The van der Waals surface area contributed by atoms with E-state index in [9.17, 15) is 0 Å². The molecule has 2 aliphatic heterocycles. The summed E-state index contributed by atoms with van der Waals surface area (Å²) in [4.78, 5) is 3.42. The van der Waals surface area contributed by atoms with Crippen LogP contribution in [0.4, 0.5) is 0 Å². The van der Waals surface area contributed by atoms with Crippen molar-refractivity contribution in [3.8, 4) is 10.7 Å². The first kappa shape index (κ1) is 15.4. The molecule has 0 aliphatic carbocycles. The van der Waals surface area contributed by atoms with Crippen LogP contribution < -0.4 is 0 Å². The van der Waals surface area contributed by atoms with Gasteiger partial charge in [0.15, 0.2) is 5.79 Å². The van der Waals surface area contributed by atoms with Crippen LogP contribution in [0.15, 0.2) is 0 Å². The van der Waals surface area contributed by atoms with Gasteiger partial charge < -0.3 is 9.47 Å². The second-order valence-corrected chi connectivity index (χ2v) is 9.14. The highest BCUT2D eigenvalue weighted by molar-refractivity contribution is 6.64. The van der Waals surface area contributed by atoms with Crippen molar-refractivity contribution in [1.29, 1.82) is 0 Å². The van der Waals surface area contributed by atoms with Gasteiger partial charge in [-0.3, -0.25) is 0 Å². The van der Waals surface area contributed by atoms with Gasteiger partial charge in [0, 0.05) is 18.8 Å². The van der Waals surface area contributed by atoms with E-state index in [0.717, 1.165) is 19.4 Å². The fourth-order valence-electron chi connectivity index (χ4n) is 3.13. The molecule has 0 aromatic heterocycles. The summed E-state index contributed by atoms with van der Waals surface area (Å²) < 4.78 is 12.4. The van der Waals surface area contributed by atoms with E-state index in [4.69, 9.17) is 9.47 Å². The van der Waals surface area contributed by atoms with Gasteiger partial charge in [0.25, 0.3) is 0 Å². The maximum absolute atomic E-state index is 6.41. The summed E-state index contributed by atoms with van der Waals surface area (Å²) in [7, 11) is 0. The lowest BCUT2D eigenvalue weighted by Crippen LogP contribution is -2.49. The van der Waals surface area contributed by atoms with E-state index in [2.05, 4.69) is 36.1 Å². The van der Waals surface area contributed by atoms with E-state index in [1.54, 1.807) is 0 Å². The lowest BCUT2D eigenvalue weighted by Gasteiger charge is -2.46. The molecule has 2 rings (SSSR count). The third-order valence-electron chi connectivity index (χ3n) is 4.30. The van der Waals surface area contributed by atoms with E-state index < -0.39 is 14.1 Å². The highest BCUT2D eigenvalue weighted by atomic mass is 27.2. The first-order valence-corrected chi connectivity index (χ1v) is 10.7. The van der Waals surface area contributed by atoms with Gasteiger partial charge in [0.2, 0.25) is 0 Å². The molecule has 4 atom stereocenters. The zero-order valence-electron chi connectivity index (χ0n) is 12.9. The first-order valence-electron chi connectivity index (χ1n) is 7.85. The van der Waals surface area contributed by atoms with Crippen molar-refractivity contribution in [2.24, 2.45) is 11.8 Å². The Morgan fingerprint density at radius 2 is 2.05 bits per heavy atom. The molecule has 0 saturated carbocycles. The predicted octanol–water partition coefficient (Wildman–Crippen LogP) is 3.63. The quantitative estimate of drug-likeness (QED) is 0.538. The Morgan fingerprint density at radius 1 is 1.26 bits per heavy atom. The minimum absolute atomic E-state index is 0.243. The molecule has 0 bridgehead atoms. The number of hydrogen-bond acceptors (Lipinski definition) is 2. The van der Waals surface area contributed by atoms with Gasteiger partial charge in [0.1, 0.15) is 0 Å². The van der Waals surface area contributed by atoms with Crippen molar-refractivity contribution in [3.05, 3.63) is 0 Å². The first-order chi connectivity index (χ1) is 9.02. The van der Waals surface area contributed by atoms with E-state index >= 15 is 0 Å². The van der Waals surface area contributed by atoms with Crippen LogP contribution in [0.3, 0.4) is 0 Å². The molecule has 3 heteroatoms. The molecule has 2 saturated heterocycles. The van der Waals surface area contributed by atoms with Gasteiger partial charge in [0.05, 0.1) is 12.7 Å². The maximum atomic E-state index is 6.41. The van der Waals surface area contributed by atoms with Crippen LogP contribution in [0.2, 0.25) is 11.6 Å². The molecular formula is C16H27AlO2. The number of rotatable bonds is 1. The van der Waals surface area contributed by atoms with Crippen molar-refractivity contribution < 1.29 is 9.47 Å². The Morgan fingerprint density at radius 3 is 2.68 bits per heavy atom. The monoisotopic (exact) mass is 278 g/mol. The molecular weight excluding hydrogens is 251 g/mol. The SMILES string of the molecule is C[C@@H]1CC[C@]2(CCCCO2)O[C@@H]1[C@@H](C)C#[C][Al]([CH3])[CH3]. The van der Waals surface area contributed by atoms with Crippen LogP contribution in [0.5, 0.6) is 0 Å². The fourth-order valence-corrected chi connectivity index (χ4v) is 3.72. The Balaban J connectivity index is 2.04. The normalized spacial score (nSPS) is 36.4. The van der Waals surface area contributed by atoms with Crippen molar-refractivity contribution in [2.45, 2.75) is 69.4 Å². The zero-order valence-corrected chi connectivity index (χ0v) is 14.0. The van der Waals surface area contributed by atoms with Gasteiger partial charge >= 0.3 is 14.1 Å². The Bertz CT molecular complexity index is 349. The minimum Gasteiger partial charge on any atom is -0.350 e. The molecule has 0 aromatic rings. The standard InChI is InChI=1S/C14H21O2.2CH3.Al/c1-4-11(2)13-12(3)7-9-14(16-13)8-5-6-10-15-14;;;/h11-13H,5-10H2,2-3H3;2*1H3;/t11-,12+,13+,14-;;;/m0.../s1. The summed E-state index contributed by atoms with van der Waals surface area (Å²) in [5, 5.41) is 0. The number of ether oxygens (including phenoxy) is 2. The smallest absolute Gasteiger partial charge is 0.350 e. The van der Waals surface area contributed by atoms with Gasteiger partial charge in [-0.05, 0) is 32.1 Å². The van der Waals surface area contributed by atoms with Gasteiger partial charge in [-0.2, -0.15) is 0 Å². The van der Waals surface area contributed by atoms with Crippen LogP contribution in [0.25, 0.3) is 0 Å². The van der Waals surface area contributed by atoms with Crippen LogP contribution in [-0.4, -0.2) is 32.6 Å². The van der Waals surface area contributed by atoms with Crippen LogP contribution in [0, 0.1) is 22.5 Å². The molecule has 2 fully saturated rings. The van der Waals surface area contributed by atoms with Crippen molar-refractivity contribution >= 4 is 14.1 Å². The van der Waals surface area contributed by atoms with Crippen molar-refractivity contribution in [2.75, 3.05) is 6.61 Å². The van der Waals surface area contributed by atoms with Crippen LogP contribution >= 0.6 is 0 Å². The van der Waals surface area contributed by atoms with Crippen LogP contribution in [0.1, 0.15) is 46.0 Å². The van der Waals surface area contributed by atoms with Gasteiger partial charge in [-0.15, -0.1) is 5.92 Å². The maximum Gasteiger partial charge on any atom is 0.369 e. The van der Waals surface area contributed by atoms with Gasteiger partial charge in [-0.1, -0.05) is 18.5 Å². The summed E-state index contributed by atoms with van der Waals surface area (Å²) in [6.45, 7) is 5.37. The molecule has 2 aliphatic rings. The topological polar surface area (TPSA) is 18.5 Å². The highest BCUT2D eigenvalue weighted by Gasteiger charge is 2.43. The van der Waals surface area contributed by atoms with Crippen LogP contribution in [-0.2, 0) is 9.47 Å². The molecule has 1 spiro atoms. The molecule has 0 radical (unpaired) electrons. The predicted molar refractivity (Wildman–Crippen MR) is 80.2 cm³/mol. The Kier molecular flexibility index (Phi) is 5.39. The lowest BCUT2D eigenvalue weighted by molar-refractivity contribution is -0.308. The molecule has 0 amide bonds. The molecule has 0 aromatic carbocycles. The summed E-state index contributed by atoms with van der Waals surface area (Å²) in [6.07, 6.45) is 5.99. The second-order valence-electron chi connectivity index (χ2n) is 6.55. The van der Waals surface area contributed by atoms with Gasteiger partial charge in [-0.25, -0.2) is 4.78 Å². The molecule has 2 nitrogen and oxygen atoms in total. The van der Waals surface area contributed by atoms with E-state index in [1.807, 2.05) is 0 Å². The lowest BCUT2D eigenvalue weighted by atomic mass is 9.84. The second kappa shape index (κ2) is 6.64. The summed E-state index contributed by atoms with van der Waals surface area (Å²) >= 11 is -0.792. The minimum atomic E-state index is -0.792. The fraction of sp³-hybridized carbons (Fsp3) is 0.875. The highest BCUT2D eigenvalue weighted by Crippen LogP contribution is 2.41. The Labute approximate surface area is 122 Å². The molecule has 0 unspecified atom stereocenters. The summed E-state index contributed by atoms with van der Waals surface area (Å²) in [5.74, 6) is 8.63. The summed E-state index contributed by atoms with van der Waals surface area (Å²) in [5.41, 5.74) is 0. The molecule has 19 heavy (non-hydrogen) atoms. The Hall–Kier alpha value is 0.0125. The molecule has 2 heterocycles. The molecule has 0 N–H and O–H groups in total. The number of hydrogen-bond donors (Lipinski definition) is 0. The third-order valence-corrected chi connectivity index (χ3v) is 5.05. The zero-order chi connectivity index (χ0) is 13.9. The third kappa shape index (κ3) is 3.99. The van der Waals surface area contributed by atoms with E-state index in [1.165, 1.54) is 19.3 Å². The van der Waals surface area contributed by atoms with Crippen molar-refractivity contribution in [1.82, 2.24) is 0 Å². The van der Waals surface area contributed by atoms with Crippen molar-refractivity contribution in [3.63, 3.8) is 0 Å². The summed E-state index contributed by atoms with van der Waals surface area (Å²) in [6, 6.07) is 0. The average Bonchev–Trinajstić information content (AvgIpc) is 2.40. The molecule has 106 valence electrons. The van der Waals surface area contributed by atoms with E-state index in [-0.39, 0.29) is 11.9 Å². The largest absolute Gasteiger partial charge is 0.369 e. The van der Waals surface area contributed by atoms with E-state index in [0.29, 0.717) is 11.8 Å². The average molecular weight is 278 g/mol.